The zero-order valence-corrected chi connectivity index (χ0v) is 18.6. The minimum Gasteiger partial charge on any atom is -0.457 e. The third-order valence-corrected chi connectivity index (χ3v) is 6.00. The van der Waals surface area contributed by atoms with Gasteiger partial charge in [-0.2, -0.15) is 0 Å². The standard InChI is InChI=1S/C28H24N4O/c1-29-14-6-8-22(19-29)32-27-11-4-3-10-25(27)26-13-12-24(18-28(26)32)33-23-9-5-7-21(17-23)31-16-15-30(2)20-31/h3-18H,20H2,1-2H3. The van der Waals surface area contributed by atoms with Crippen molar-refractivity contribution in [2.45, 2.75) is 0 Å². The van der Waals surface area contributed by atoms with E-state index >= 15 is 0 Å². The van der Waals surface area contributed by atoms with Crippen molar-refractivity contribution in [1.29, 1.82) is 0 Å². The van der Waals surface area contributed by atoms with Gasteiger partial charge in [0.05, 0.1) is 23.9 Å². The van der Waals surface area contributed by atoms with E-state index in [1.54, 1.807) is 0 Å². The number of rotatable bonds is 4. The Bertz CT molecular complexity index is 1520. The predicted octanol–water partition coefficient (Wildman–Crippen LogP) is 5.38. The average molecular weight is 433 g/mol. The molecule has 6 rings (SSSR count). The number of anilines is 1. The Morgan fingerprint density at radius 2 is 1.67 bits per heavy atom. The lowest BCUT2D eigenvalue weighted by Gasteiger charge is -2.19. The Kier molecular flexibility index (Phi) is 4.54. The van der Waals surface area contributed by atoms with Crippen LogP contribution in [0.5, 0.6) is 11.5 Å². The van der Waals surface area contributed by atoms with Crippen molar-refractivity contribution in [1.82, 2.24) is 9.47 Å². The van der Waals surface area contributed by atoms with E-state index < -0.39 is 0 Å². The molecule has 5 aromatic rings. The highest BCUT2D eigenvalue weighted by Gasteiger charge is 2.14. The van der Waals surface area contributed by atoms with Gasteiger partial charge in [0, 0.05) is 53.7 Å². The third kappa shape index (κ3) is 3.48. The van der Waals surface area contributed by atoms with E-state index in [1.807, 2.05) is 42.1 Å². The maximum atomic E-state index is 6.33. The maximum absolute atomic E-state index is 6.33. The molecule has 0 atom stereocenters. The summed E-state index contributed by atoms with van der Waals surface area (Å²) in [7, 11) is 4.06. The monoisotopic (exact) mass is 432 g/mol. The molecule has 3 heterocycles. The second kappa shape index (κ2) is 7.71. The second-order valence-corrected chi connectivity index (χ2v) is 8.41. The van der Waals surface area contributed by atoms with E-state index in [-0.39, 0.29) is 0 Å². The Morgan fingerprint density at radius 3 is 2.52 bits per heavy atom. The molecular formula is C28H24N4O. The van der Waals surface area contributed by atoms with Gasteiger partial charge in [-0.25, -0.2) is 0 Å². The molecule has 0 amide bonds. The highest BCUT2D eigenvalue weighted by atomic mass is 16.5. The van der Waals surface area contributed by atoms with Gasteiger partial charge in [0.15, 0.2) is 0 Å². The van der Waals surface area contributed by atoms with Crippen molar-refractivity contribution >= 4 is 27.5 Å². The van der Waals surface area contributed by atoms with Crippen LogP contribution in [-0.2, 0) is 7.05 Å². The average Bonchev–Trinajstić information content (AvgIpc) is 3.40. The van der Waals surface area contributed by atoms with Crippen LogP contribution in [0, 0.1) is 6.20 Å². The molecule has 33 heavy (non-hydrogen) atoms. The van der Waals surface area contributed by atoms with Crippen LogP contribution in [0.25, 0.3) is 27.5 Å². The molecule has 0 unspecified atom stereocenters. The molecule has 5 heteroatoms. The smallest absolute Gasteiger partial charge is 0.138 e. The van der Waals surface area contributed by atoms with Crippen LogP contribution < -0.4 is 14.2 Å². The summed E-state index contributed by atoms with van der Waals surface area (Å²) in [5.41, 5.74) is 4.35. The molecule has 2 aromatic heterocycles. The summed E-state index contributed by atoms with van der Waals surface area (Å²) >= 11 is 0. The summed E-state index contributed by atoms with van der Waals surface area (Å²) in [4.78, 5) is 4.33. The van der Waals surface area contributed by atoms with Gasteiger partial charge in [0.25, 0.3) is 0 Å². The van der Waals surface area contributed by atoms with Gasteiger partial charge in [-0.05, 0) is 30.3 Å². The predicted molar refractivity (Wildman–Crippen MR) is 132 cm³/mol. The van der Waals surface area contributed by atoms with Crippen LogP contribution in [-0.4, -0.2) is 23.2 Å². The second-order valence-electron chi connectivity index (χ2n) is 8.41. The molecule has 0 bridgehead atoms. The number of hydrogen-bond acceptors (Lipinski definition) is 3. The molecule has 0 fully saturated rings. The van der Waals surface area contributed by atoms with Crippen molar-refractivity contribution in [2.75, 3.05) is 18.6 Å². The van der Waals surface area contributed by atoms with E-state index in [0.29, 0.717) is 0 Å². The first kappa shape index (κ1) is 19.4. The summed E-state index contributed by atoms with van der Waals surface area (Å²) < 4.78 is 10.5. The Morgan fingerprint density at radius 1 is 0.818 bits per heavy atom. The summed E-state index contributed by atoms with van der Waals surface area (Å²) in [5, 5.41) is 2.41. The van der Waals surface area contributed by atoms with E-state index in [4.69, 9.17) is 4.74 Å². The number of ether oxygens (including phenoxy) is 1. The number of fused-ring (bicyclic) bond motifs is 3. The normalized spacial score (nSPS) is 13.4. The van der Waals surface area contributed by atoms with Crippen LogP contribution >= 0.6 is 0 Å². The third-order valence-electron chi connectivity index (χ3n) is 6.00. The lowest BCUT2D eigenvalue weighted by Crippen LogP contribution is -2.27. The molecular weight excluding hydrogens is 408 g/mol. The van der Waals surface area contributed by atoms with Gasteiger partial charge in [-0.3, -0.25) is 0 Å². The van der Waals surface area contributed by atoms with Crippen LogP contribution in [0.15, 0.2) is 97.5 Å². The first-order valence-electron chi connectivity index (χ1n) is 11.0. The van der Waals surface area contributed by atoms with Crippen LogP contribution in [0.3, 0.4) is 0 Å². The number of benzene rings is 3. The molecule has 5 nitrogen and oxygen atoms in total. The van der Waals surface area contributed by atoms with Crippen molar-refractivity contribution < 1.29 is 9.30 Å². The Labute approximate surface area is 193 Å². The lowest BCUT2D eigenvalue weighted by molar-refractivity contribution is -0.675. The van der Waals surface area contributed by atoms with Crippen molar-refractivity contribution in [3.8, 4) is 17.2 Å². The van der Waals surface area contributed by atoms with E-state index in [2.05, 4.69) is 94.6 Å². The Hall–Kier alpha value is -4.25. The first-order chi connectivity index (χ1) is 16.2. The van der Waals surface area contributed by atoms with Crippen molar-refractivity contribution in [2.24, 2.45) is 7.05 Å². The highest BCUT2D eigenvalue weighted by Crippen LogP contribution is 2.35. The molecule has 162 valence electrons. The van der Waals surface area contributed by atoms with Gasteiger partial charge in [0.1, 0.15) is 24.7 Å². The number of hydrogen-bond donors (Lipinski definition) is 0. The fourth-order valence-electron chi connectivity index (χ4n) is 4.47. The molecule has 1 aliphatic heterocycles. The van der Waals surface area contributed by atoms with E-state index in [1.165, 1.54) is 10.8 Å². The molecule has 3 aromatic carbocycles. The van der Waals surface area contributed by atoms with Gasteiger partial charge in [-0.1, -0.05) is 24.3 Å². The van der Waals surface area contributed by atoms with Gasteiger partial charge in [0.2, 0.25) is 0 Å². The minimum absolute atomic E-state index is 0.804. The van der Waals surface area contributed by atoms with Crippen molar-refractivity contribution in [3.05, 3.63) is 104 Å². The quantitative estimate of drug-likeness (QED) is 0.281. The molecule has 0 spiro atoms. The van der Waals surface area contributed by atoms with Crippen LogP contribution in [0.1, 0.15) is 0 Å². The zero-order chi connectivity index (χ0) is 22.4. The zero-order valence-electron chi connectivity index (χ0n) is 18.6. The Balaban J connectivity index is 1.43. The summed E-state index contributed by atoms with van der Waals surface area (Å²) in [6, 6.07) is 27.1. The van der Waals surface area contributed by atoms with Crippen molar-refractivity contribution in [3.63, 3.8) is 0 Å². The summed E-state index contributed by atoms with van der Waals surface area (Å²) in [6.07, 6.45) is 9.57. The number of pyridine rings is 1. The molecule has 1 aliphatic rings. The molecule has 0 aliphatic carbocycles. The number of nitrogens with zero attached hydrogens (tertiary/aromatic N) is 4. The number of para-hydroxylation sites is 1. The van der Waals surface area contributed by atoms with Gasteiger partial charge in [-0.15, -0.1) is 12.1 Å². The minimum atomic E-state index is 0.804. The fraction of sp³-hybridized carbons (Fsp3) is 0.107. The number of aromatic nitrogens is 2. The van der Waals surface area contributed by atoms with Gasteiger partial charge >= 0.3 is 0 Å². The summed E-state index contributed by atoms with van der Waals surface area (Å²) in [5.74, 6) is 1.62. The molecule has 0 saturated carbocycles. The first-order valence-corrected chi connectivity index (χ1v) is 11.0. The van der Waals surface area contributed by atoms with Crippen LogP contribution in [0.4, 0.5) is 5.69 Å². The fourth-order valence-corrected chi connectivity index (χ4v) is 4.47. The van der Waals surface area contributed by atoms with E-state index in [0.717, 1.165) is 40.6 Å². The molecule has 0 radical (unpaired) electrons. The summed E-state index contributed by atoms with van der Waals surface area (Å²) in [6.45, 7) is 0.834. The highest BCUT2D eigenvalue weighted by molar-refractivity contribution is 6.09. The van der Waals surface area contributed by atoms with Gasteiger partial charge < -0.3 is 23.7 Å². The topological polar surface area (TPSA) is 24.5 Å². The number of aryl methyl sites for hydroxylation is 1. The largest absolute Gasteiger partial charge is 0.457 e. The molecule has 0 N–H and O–H groups in total. The maximum Gasteiger partial charge on any atom is 0.138 e. The van der Waals surface area contributed by atoms with Crippen LogP contribution in [0.2, 0.25) is 0 Å². The lowest BCUT2D eigenvalue weighted by atomic mass is 10.1. The SMILES string of the molecule is CN1C=CN(c2cccc(Oc3ccc4c5ccccc5n(-c5[c-][n+](C)ccc5)c4c3)c2)C1. The van der Waals surface area contributed by atoms with E-state index in [9.17, 15) is 0 Å². The molecule has 0 saturated heterocycles.